The second-order valence-electron chi connectivity index (χ2n) is 5.01. The van der Waals surface area contributed by atoms with Crippen LogP contribution in [0.3, 0.4) is 0 Å². The summed E-state index contributed by atoms with van der Waals surface area (Å²) in [7, 11) is -3.19. The largest absolute Gasteiger partial charge is 0.245 e. The molecule has 3 nitrogen and oxygen atoms in total. The van der Waals surface area contributed by atoms with Crippen molar-refractivity contribution < 1.29 is 8.42 Å². The number of nitrogens with zero attached hydrogens (tertiary/aromatic N) is 1. The van der Waals surface area contributed by atoms with Crippen molar-refractivity contribution in [2.24, 2.45) is 5.41 Å². The highest BCUT2D eigenvalue weighted by atomic mass is 32.2. The molecule has 1 aromatic rings. The van der Waals surface area contributed by atoms with Gasteiger partial charge in [0.1, 0.15) is 0 Å². The quantitative estimate of drug-likeness (QED) is 0.777. The van der Waals surface area contributed by atoms with E-state index in [4.69, 9.17) is 0 Å². The fourth-order valence-electron chi connectivity index (χ4n) is 1.38. The van der Waals surface area contributed by atoms with Crippen LogP contribution in [0.15, 0.2) is 23.4 Å². The van der Waals surface area contributed by atoms with Crippen LogP contribution in [0, 0.1) is 5.41 Å². The minimum Gasteiger partial charge on any atom is -0.245 e. The highest BCUT2D eigenvalue weighted by Crippen LogP contribution is 2.21. The topological polar surface area (TPSA) is 47.0 Å². The summed E-state index contributed by atoms with van der Waals surface area (Å²) in [6.07, 6.45) is 3.58. The lowest BCUT2D eigenvalue weighted by Crippen LogP contribution is -2.10. The van der Waals surface area contributed by atoms with Gasteiger partial charge in [0.2, 0.25) is 0 Å². The number of pyridine rings is 1. The lowest BCUT2D eigenvalue weighted by Gasteiger charge is -2.18. The average Bonchev–Trinajstić information content (AvgIpc) is 1.99. The summed E-state index contributed by atoms with van der Waals surface area (Å²) in [5.74, 6) is 0. The van der Waals surface area contributed by atoms with Crippen LogP contribution in [-0.2, 0) is 16.3 Å². The monoisotopic (exact) mass is 227 g/mol. The van der Waals surface area contributed by atoms with E-state index in [1.54, 1.807) is 12.3 Å². The van der Waals surface area contributed by atoms with Crippen LogP contribution < -0.4 is 0 Å². The van der Waals surface area contributed by atoms with E-state index in [-0.39, 0.29) is 10.4 Å². The Morgan fingerprint density at radius 1 is 1.33 bits per heavy atom. The molecule has 0 spiro atoms. The van der Waals surface area contributed by atoms with Crippen molar-refractivity contribution in [1.29, 1.82) is 0 Å². The first-order chi connectivity index (χ1) is 6.68. The van der Waals surface area contributed by atoms with E-state index in [0.717, 1.165) is 12.0 Å². The standard InChI is InChI=1S/C11H17NO2S/c1-11(2,3)8-9-5-6-12-10(7-9)15(4,13)14/h5-7H,8H2,1-4H3. The summed E-state index contributed by atoms with van der Waals surface area (Å²) in [5, 5.41) is 0.157. The second kappa shape index (κ2) is 3.93. The van der Waals surface area contributed by atoms with E-state index in [9.17, 15) is 8.42 Å². The summed E-state index contributed by atoms with van der Waals surface area (Å²) in [5.41, 5.74) is 1.16. The molecule has 0 atom stereocenters. The fourth-order valence-corrected chi connectivity index (χ4v) is 1.99. The summed E-state index contributed by atoms with van der Waals surface area (Å²) < 4.78 is 22.6. The molecule has 0 saturated heterocycles. The van der Waals surface area contributed by atoms with E-state index >= 15 is 0 Å². The van der Waals surface area contributed by atoms with E-state index < -0.39 is 9.84 Å². The van der Waals surface area contributed by atoms with Gasteiger partial charge in [0.25, 0.3) is 0 Å². The first-order valence-electron chi connectivity index (χ1n) is 4.83. The van der Waals surface area contributed by atoms with Gasteiger partial charge < -0.3 is 0 Å². The Labute approximate surface area is 91.5 Å². The fraction of sp³-hybridized carbons (Fsp3) is 0.545. The molecule has 0 fully saturated rings. The first kappa shape index (κ1) is 12.2. The van der Waals surface area contributed by atoms with Gasteiger partial charge in [-0.1, -0.05) is 20.8 Å². The van der Waals surface area contributed by atoms with E-state index in [2.05, 4.69) is 25.8 Å². The molecule has 0 radical (unpaired) electrons. The Kier molecular flexibility index (Phi) is 3.19. The lowest BCUT2D eigenvalue weighted by molar-refractivity contribution is 0.410. The summed E-state index contributed by atoms with van der Waals surface area (Å²) >= 11 is 0. The molecule has 0 saturated carbocycles. The van der Waals surface area contributed by atoms with Gasteiger partial charge >= 0.3 is 0 Å². The maximum Gasteiger partial charge on any atom is 0.192 e. The van der Waals surface area contributed by atoms with Gasteiger partial charge in [0, 0.05) is 12.5 Å². The zero-order chi connectivity index (χ0) is 11.7. The van der Waals surface area contributed by atoms with Crippen molar-refractivity contribution in [3.8, 4) is 0 Å². The summed E-state index contributed by atoms with van der Waals surface area (Å²) in [4.78, 5) is 3.85. The summed E-state index contributed by atoms with van der Waals surface area (Å²) in [6, 6.07) is 3.51. The third-order valence-corrected chi connectivity index (χ3v) is 2.90. The van der Waals surface area contributed by atoms with Crippen LogP contribution in [0.25, 0.3) is 0 Å². The lowest BCUT2D eigenvalue weighted by atomic mass is 9.89. The maximum atomic E-state index is 11.3. The van der Waals surface area contributed by atoms with Gasteiger partial charge in [-0.05, 0) is 29.5 Å². The normalized spacial score (nSPS) is 12.8. The van der Waals surface area contributed by atoms with Gasteiger partial charge in [0.15, 0.2) is 14.9 Å². The molecule has 1 rings (SSSR count). The molecule has 0 aliphatic heterocycles. The second-order valence-corrected chi connectivity index (χ2v) is 6.97. The van der Waals surface area contributed by atoms with Crippen molar-refractivity contribution in [2.45, 2.75) is 32.2 Å². The minimum atomic E-state index is -3.19. The number of sulfone groups is 1. The SMILES string of the molecule is CC(C)(C)Cc1ccnc(S(C)(=O)=O)c1. The van der Waals surface area contributed by atoms with Crippen molar-refractivity contribution >= 4 is 9.84 Å². The molecule has 1 heterocycles. The molecule has 0 bridgehead atoms. The third kappa shape index (κ3) is 4.00. The van der Waals surface area contributed by atoms with Crippen LogP contribution in [-0.4, -0.2) is 19.7 Å². The van der Waals surface area contributed by atoms with Crippen molar-refractivity contribution in [3.63, 3.8) is 0 Å². The van der Waals surface area contributed by atoms with Crippen LogP contribution in [0.5, 0.6) is 0 Å². The Bertz CT molecular complexity index is 444. The zero-order valence-corrected chi connectivity index (χ0v) is 10.4. The summed E-state index contributed by atoms with van der Waals surface area (Å²) in [6.45, 7) is 6.36. The highest BCUT2D eigenvalue weighted by molar-refractivity contribution is 7.90. The smallest absolute Gasteiger partial charge is 0.192 e. The highest BCUT2D eigenvalue weighted by Gasteiger charge is 2.14. The van der Waals surface area contributed by atoms with Gasteiger partial charge in [-0.2, -0.15) is 0 Å². The van der Waals surface area contributed by atoms with Crippen LogP contribution in [0.2, 0.25) is 0 Å². The molecule has 0 amide bonds. The molecule has 0 aliphatic carbocycles. The molecule has 15 heavy (non-hydrogen) atoms. The maximum absolute atomic E-state index is 11.3. The Morgan fingerprint density at radius 3 is 2.40 bits per heavy atom. The molecule has 0 N–H and O–H groups in total. The molecule has 84 valence electrons. The zero-order valence-electron chi connectivity index (χ0n) is 9.61. The molecule has 0 aliphatic rings. The van der Waals surface area contributed by atoms with Gasteiger partial charge in [-0.3, -0.25) is 0 Å². The van der Waals surface area contributed by atoms with Crippen LogP contribution in [0.1, 0.15) is 26.3 Å². The molecule has 1 aromatic heterocycles. The Hall–Kier alpha value is -0.900. The van der Waals surface area contributed by atoms with E-state index in [1.165, 1.54) is 6.26 Å². The van der Waals surface area contributed by atoms with E-state index in [0.29, 0.717) is 0 Å². The number of hydrogen-bond donors (Lipinski definition) is 0. The Balaban J connectivity index is 3.04. The molecular weight excluding hydrogens is 210 g/mol. The number of rotatable bonds is 2. The van der Waals surface area contributed by atoms with Gasteiger partial charge in [-0.15, -0.1) is 0 Å². The molecule has 0 aromatic carbocycles. The minimum absolute atomic E-state index is 0.149. The van der Waals surface area contributed by atoms with Crippen molar-refractivity contribution in [2.75, 3.05) is 6.26 Å². The molecular formula is C11H17NO2S. The van der Waals surface area contributed by atoms with Crippen LogP contribution in [0.4, 0.5) is 0 Å². The van der Waals surface area contributed by atoms with Gasteiger partial charge in [0.05, 0.1) is 0 Å². The van der Waals surface area contributed by atoms with Gasteiger partial charge in [-0.25, -0.2) is 13.4 Å². The molecule has 0 unspecified atom stereocenters. The molecule has 4 heteroatoms. The predicted octanol–water partition coefficient (Wildman–Crippen LogP) is 2.07. The number of aromatic nitrogens is 1. The average molecular weight is 227 g/mol. The van der Waals surface area contributed by atoms with E-state index in [1.807, 2.05) is 6.07 Å². The Morgan fingerprint density at radius 2 is 1.93 bits per heavy atom. The van der Waals surface area contributed by atoms with Crippen molar-refractivity contribution in [1.82, 2.24) is 4.98 Å². The third-order valence-electron chi connectivity index (χ3n) is 1.91. The van der Waals surface area contributed by atoms with Crippen LogP contribution >= 0.6 is 0 Å². The predicted molar refractivity (Wildman–Crippen MR) is 60.5 cm³/mol. The number of hydrogen-bond acceptors (Lipinski definition) is 3. The first-order valence-corrected chi connectivity index (χ1v) is 6.73. The van der Waals surface area contributed by atoms with Crippen molar-refractivity contribution in [3.05, 3.63) is 23.9 Å².